The quantitative estimate of drug-likeness (QED) is 0.517. The molecule has 0 amide bonds. The van der Waals surface area contributed by atoms with Crippen LogP contribution in [0.2, 0.25) is 0 Å². The molecule has 0 fully saturated rings. The van der Waals surface area contributed by atoms with Crippen molar-refractivity contribution in [3.05, 3.63) is 6.92 Å². The molecule has 0 unspecified atom stereocenters. The standard InChI is InChI=1S/C4H9.Pr/c1-4(2)3;/h4H,1H2,2-3H3;/q-1;. The van der Waals surface area contributed by atoms with E-state index in [-0.39, 0.29) is 41.3 Å². The van der Waals surface area contributed by atoms with E-state index in [9.17, 15) is 0 Å². The van der Waals surface area contributed by atoms with Crippen LogP contribution in [-0.4, -0.2) is 0 Å². The molecule has 0 saturated heterocycles. The third kappa shape index (κ3) is 32.6. The first-order valence-corrected chi connectivity index (χ1v) is 1.56. The largest absolute Gasteiger partial charge is 0.341 e. The second kappa shape index (κ2) is 5.36. The van der Waals surface area contributed by atoms with Gasteiger partial charge < -0.3 is 6.92 Å². The van der Waals surface area contributed by atoms with Gasteiger partial charge in [-0.2, -0.15) is 5.92 Å². The second-order valence-electron chi connectivity index (χ2n) is 1.39. The molecule has 0 saturated carbocycles. The van der Waals surface area contributed by atoms with Gasteiger partial charge in [-0.3, -0.25) is 0 Å². The Bertz CT molecular complexity index is 8.36. The zero-order chi connectivity index (χ0) is 3.58. The van der Waals surface area contributed by atoms with Crippen LogP contribution in [0.5, 0.6) is 0 Å². The van der Waals surface area contributed by atoms with E-state index < -0.39 is 0 Å². The molecule has 29 valence electrons. The van der Waals surface area contributed by atoms with E-state index in [1.54, 1.807) is 0 Å². The fraction of sp³-hybridized carbons (Fsp3) is 0.750. The van der Waals surface area contributed by atoms with E-state index in [1.807, 2.05) is 0 Å². The molecule has 0 nitrogen and oxygen atoms in total. The Balaban J connectivity index is 0. The Hall–Kier alpha value is 1.36. The van der Waals surface area contributed by atoms with Gasteiger partial charge in [0, 0.05) is 41.3 Å². The van der Waals surface area contributed by atoms with Crippen molar-refractivity contribution in [2.24, 2.45) is 5.92 Å². The van der Waals surface area contributed by atoms with Crippen molar-refractivity contribution >= 4 is 0 Å². The van der Waals surface area contributed by atoms with Crippen molar-refractivity contribution in [1.29, 1.82) is 0 Å². The molecule has 0 aromatic heterocycles. The average molecular weight is 198 g/mol. The summed E-state index contributed by atoms with van der Waals surface area (Å²) in [4.78, 5) is 0. The Labute approximate surface area is 67.3 Å². The zero-order valence-corrected chi connectivity index (χ0v) is 7.57. The van der Waals surface area contributed by atoms with Gasteiger partial charge in [-0.15, -0.1) is 0 Å². The summed E-state index contributed by atoms with van der Waals surface area (Å²) in [5.41, 5.74) is 0. The van der Waals surface area contributed by atoms with Crippen molar-refractivity contribution < 1.29 is 41.3 Å². The predicted molar refractivity (Wildman–Crippen MR) is 20.2 cm³/mol. The van der Waals surface area contributed by atoms with E-state index in [2.05, 4.69) is 20.8 Å². The maximum Gasteiger partial charge on any atom is 0 e. The van der Waals surface area contributed by atoms with Crippen molar-refractivity contribution in [3.63, 3.8) is 0 Å². The van der Waals surface area contributed by atoms with Crippen molar-refractivity contribution in [1.82, 2.24) is 0 Å². The van der Waals surface area contributed by atoms with E-state index >= 15 is 0 Å². The molecule has 5 heavy (non-hydrogen) atoms. The number of rotatable bonds is 0. The normalized spacial score (nSPS) is 7.20. The Morgan fingerprint density at radius 3 is 1.40 bits per heavy atom. The fourth-order valence-corrected chi connectivity index (χ4v) is 0. The molecule has 0 atom stereocenters. The van der Waals surface area contributed by atoms with Gasteiger partial charge in [0.2, 0.25) is 0 Å². The van der Waals surface area contributed by atoms with Crippen LogP contribution in [0.3, 0.4) is 0 Å². The first kappa shape index (κ1) is 9.61. The summed E-state index contributed by atoms with van der Waals surface area (Å²) < 4.78 is 0. The molecule has 0 aromatic rings. The Morgan fingerprint density at radius 2 is 1.40 bits per heavy atom. The topological polar surface area (TPSA) is 0 Å². The minimum Gasteiger partial charge on any atom is -0.341 e. The minimum absolute atomic E-state index is 0. The molecule has 0 bridgehead atoms. The van der Waals surface area contributed by atoms with E-state index in [1.165, 1.54) is 0 Å². The monoisotopic (exact) mass is 198 g/mol. The molecule has 0 heterocycles. The van der Waals surface area contributed by atoms with Gasteiger partial charge in [0.05, 0.1) is 0 Å². The smallest absolute Gasteiger partial charge is 0 e. The van der Waals surface area contributed by atoms with Gasteiger partial charge in [0.1, 0.15) is 0 Å². The number of hydrogen-bond donors (Lipinski definition) is 0. The van der Waals surface area contributed by atoms with E-state index in [0.717, 1.165) is 0 Å². The summed E-state index contributed by atoms with van der Waals surface area (Å²) in [6.07, 6.45) is 0. The van der Waals surface area contributed by atoms with Crippen LogP contribution < -0.4 is 0 Å². The van der Waals surface area contributed by atoms with Gasteiger partial charge >= 0.3 is 0 Å². The van der Waals surface area contributed by atoms with Gasteiger partial charge in [0.25, 0.3) is 0 Å². The average Bonchev–Trinajstić information content (AvgIpc) is 0.811. The molecule has 1 radical (unpaired) electrons. The summed E-state index contributed by atoms with van der Waals surface area (Å²) in [6, 6.07) is 0. The predicted octanol–water partition coefficient (Wildman–Crippen LogP) is 1.48. The minimum atomic E-state index is 0. The Morgan fingerprint density at radius 1 is 1.40 bits per heavy atom. The van der Waals surface area contributed by atoms with Gasteiger partial charge in [0.15, 0.2) is 0 Å². The van der Waals surface area contributed by atoms with Gasteiger partial charge in [-0.1, -0.05) is 13.8 Å². The van der Waals surface area contributed by atoms with Crippen LogP contribution in [0, 0.1) is 54.1 Å². The van der Waals surface area contributed by atoms with Crippen LogP contribution in [0.1, 0.15) is 13.8 Å². The molecular formula is C4H9Pr-. The molecule has 1 heteroatoms. The molecule has 0 rings (SSSR count). The first-order valence-electron chi connectivity index (χ1n) is 1.56. The molecule has 0 N–H and O–H groups in total. The van der Waals surface area contributed by atoms with Crippen LogP contribution in [-0.2, 0) is 0 Å². The van der Waals surface area contributed by atoms with Crippen LogP contribution in [0.4, 0.5) is 0 Å². The summed E-state index contributed by atoms with van der Waals surface area (Å²) in [5, 5.41) is 0. The van der Waals surface area contributed by atoms with Gasteiger partial charge in [-0.05, 0) is 0 Å². The number of hydrogen-bond acceptors (Lipinski definition) is 0. The second-order valence-corrected chi connectivity index (χ2v) is 1.39. The van der Waals surface area contributed by atoms with Crippen LogP contribution >= 0.6 is 0 Å². The van der Waals surface area contributed by atoms with Gasteiger partial charge in [-0.25, -0.2) is 0 Å². The van der Waals surface area contributed by atoms with Crippen molar-refractivity contribution in [2.45, 2.75) is 13.8 Å². The summed E-state index contributed by atoms with van der Waals surface area (Å²) in [5.74, 6) is 0.583. The molecule has 0 aliphatic rings. The molecular weight excluding hydrogens is 189 g/mol. The molecule has 0 aromatic carbocycles. The van der Waals surface area contributed by atoms with E-state index in [4.69, 9.17) is 0 Å². The third-order valence-corrected chi connectivity index (χ3v) is 0. The summed E-state index contributed by atoms with van der Waals surface area (Å²) >= 11 is 0. The SMILES string of the molecule is [CH2-]C(C)C.[Pr]. The first-order chi connectivity index (χ1) is 1.73. The third-order valence-electron chi connectivity index (χ3n) is 0. The molecule has 0 aliphatic heterocycles. The van der Waals surface area contributed by atoms with E-state index in [0.29, 0.717) is 5.92 Å². The summed E-state index contributed by atoms with van der Waals surface area (Å²) in [6.45, 7) is 7.75. The van der Waals surface area contributed by atoms with Crippen molar-refractivity contribution in [3.8, 4) is 0 Å². The molecule has 0 aliphatic carbocycles. The zero-order valence-electron chi connectivity index (χ0n) is 3.86. The van der Waals surface area contributed by atoms with Crippen LogP contribution in [0.25, 0.3) is 0 Å². The van der Waals surface area contributed by atoms with Crippen LogP contribution in [0.15, 0.2) is 0 Å². The van der Waals surface area contributed by atoms with Crippen molar-refractivity contribution in [2.75, 3.05) is 0 Å². The fourth-order valence-electron chi connectivity index (χ4n) is 0. The maximum atomic E-state index is 3.64. The summed E-state index contributed by atoms with van der Waals surface area (Å²) in [7, 11) is 0. The maximum absolute atomic E-state index is 3.64. The Kier molecular flexibility index (Phi) is 10.3. The molecule has 0 spiro atoms.